The first kappa shape index (κ1) is 15.3. The summed E-state index contributed by atoms with van der Waals surface area (Å²) in [6, 6.07) is 9.60. The van der Waals surface area contributed by atoms with Crippen molar-refractivity contribution in [1.82, 2.24) is 14.7 Å². The van der Waals surface area contributed by atoms with Crippen molar-refractivity contribution >= 4 is 11.9 Å². The summed E-state index contributed by atoms with van der Waals surface area (Å²) in [5.41, 5.74) is 2.17. The predicted molar refractivity (Wildman–Crippen MR) is 84.5 cm³/mol. The van der Waals surface area contributed by atoms with Gasteiger partial charge in [0.2, 0.25) is 0 Å². The molecule has 0 spiro atoms. The molecule has 23 heavy (non-hydrogen) atoms. The topological polar surface area (TPSA) is 75.4 Å². The number of rotatable bonds is 3. The van der Waals surface area contributed by atoms with Gasteiger partial charge in [-0.25, -0.2) is 4.68 Å². The van der Waals surface area contributed by atoms with E-state index >= 15 is 0 Å². The van der Waals surface area contributed by atoms with E-state index in [1.54, 1.807) is 15.8 Å². The standard InChI is InChI=1S/C17H19N3O3/c1-11-9-19(10-15(11)17(22)23)16(21)14-8-18-20(12(14)2)13-6-4-3-5-7-13/h3-8,11,15H,9-10H2,1-2H3,(H,22,23)/t11-,15-/m1/s1. The van der Waals surface area contributed by atoms with Crippen LogP contribution in [0.1, 0.15) is 23.0 Å². The van der Waals surface area contributed by atoms with Crippen molar-refractivity contribution < 1.29 is 14.7 Å². The van der Waals surface area contributed by atoms with Crippen LogP contribution in [-0.4, -0.2) is 44.8 Å². The Morgan fingerprint density at radius 1 is 1.22 bits per heavy atom. The Hall–Kier alpha value is -2.63. The number of hydrogen-bond acceptors (Lipinski definition) is 3. The lowest BCUT2D eigenvalue weighted by Crippen LogP contribution is -2.30. The van der Waals surface area contributed by atoms with Crippen molar-refractivity contribution in [2.75, 3.05) is 13.1 Å². The first-order valence-electron chi connectivity index (χ1n) is 7.61. The number of likely N-dealkylation sites (tertiary alicyclic amines) is 1. The van der Waals surface area contributed by atoms with Crippen LogP contribution in [0.3, 0.4) is 0 Å². The molecule has 1 saturated heterocycles. The molecule has 0 saturated carbocycles. The Balaban J connectivity index is 1.85. The highest BCUT2D eigenvalue weighted by molar-refractivity contribution is 5.95. The van der Waals surface area contributed by atoms with E-state index in [1.165, 1.54) is 0 Å². The minimum atomic E-state index is -0.843. The van der Waals surface area contributed by atoms with Crippen molar-refractivity contribution in [3.8, 4) is 5.69 Å². The van der Waals surface area contributed by atoms with Gasteiger partial charge in [-0.05, 0) is 25.0 Å². The number of benzene rings is 1. The third-order valence-corrected chi connectivity index (χ3v) is 4.46. The zero-order valence-electron chi connectivity index (χ0n) is 13.1. The number of hydrogen-bond donors (Lipinski definition) is 1. The molecule has 2 atom stereocenters. The van der Waals surface area contributed by atoms with E-state index in [4.69, 9.17) is 0 Å². The molecule has 2 aromatic rings. The van der Waals surface area contributed by atoms with Crippen LogP contribution >= 0.6 is 0 Å². The number of carboxylic acid groups (broad SMARTS) is 1. The third kappa shape index (κ3) is 2.72. The fraction of sp³-hybridized carbons (Fsp3) is 0.353. The molecule has 1 aromatic carbocycles. The lowest BCUT2D eigenvalue weighted by Gasteiger charge is -2.15. The van der Waals surface area contributed by atoms with E-state index in [0.29, 0.717) is 12.1 Å². The molecule has 0 unspecified atom stereocenters. The zero-order valence-corrected chi connectivity index (χ0v) is 13.1. The summed E-state index contributed by atoms with van der Waals surface area (Å²) in [5, 5.41) is 13.5. The van der Waals surface area contributed by atoms with Gasteiger partial charge in [-0.3, -0.25) is 9.59 Å². The molecule has 6 nitrogen and oxygen atoms in total. The smallest absolute Gasteiger partial charge is 0.308 e. The van der Waals surface area contributed by atoms with Gasteiger partial charge < -0.3 is 10.0 Å². The molecule has 0 aliphatic carbocycles. The molecule has 1 aliphatic heterocycles. The lowest BCUT2D eigenvalue weighted by molar-refractivity contribution is -0.142. The maximum atomic E-state index is 12.7. The zero-order chi connectivity index (χ0) is 16.6. The SMILES string of the molecule is Cc1c(C(=O)N2C[C@@H](C)[C@H](C(=O)O)C2)cnn1-c1ccccc1. The molecule has 1 aromatic heterocycles. The largest absolute Gasteiger partial charge is 0.481 e. The van der Waals surface area contributed by atoms with Crippen LogP contribution in [0.4, 0.5) is 0 Å². The average Bonchev–Trinajstić information content (AvgIpc) is 3.11. The molecule has 3 rings (SSSR count). The van der Waals surface area contributed by atoms with Gasteiger partial charge >= 0.3 is 5.97 Å². The van der Waals surface area contributed by atoms with Crippen LogP contribution in [0.25, 0.3) is 5.69 Å². The summed E-state index contributed by atoms with van der Waals surface area (Å²) in [6.45, 7) is 4.44. The second kappa shape index (κ2) is 5.87. The monoisotopic (exact) mass is 313 g/mol. The van der Waals surface area contributed by atoms with Crippen LogP contribution in [0.5, 0.6) is 0 Å². The van der Waals surface area contributed by atoms with Crippen molar-refractivity contribution in [1.29, 1.82) is 0 Å². The number of nitrogens with zero attached hydrogens (tertiary/aromatic N) is 3. The summed E-state index contributed by atoms with van der Waals surface area (Å²) < 4.78 is 1.72. The molecule has 0 bridgehead atoms. The van der Waals surface area contributed by atoms with E-state index in [-0.39, 0.29) is 18.4 Å². The van der Waals surface area contributed by atoms with E-state index in [2.05, 4.69) is 5.10 Å². The Morgan fingerprint density at radius 2 is 1.91 bits per heavy atom. The van der Waals surface area contributed by atoms with Gasteiger partial charge in [0.15, 0.2) is 0 Å². The Bertz CT molecular complexity index is 739. The number of carbonyl (C=O) groups excluding carboxylic acids is 1. The minimum Gasteiger partial charge on any atom is -0.481 e. The average molecular weight is 313 g/mol. The highest BCUT2D eigenvalue weighted by Gasteiger charge is 2.37. The molecular formula is C17H19N3O3. The number of aromatic nitrogens is 2. The second-order valence-corrected chi connectivity index (χ2v) is 6.02. The maximum Gasteiger partial charge on any atom is 0.308 e. The molecule has 1 amide bonds. The Labute approximate surface area is 134 Å². The van der Waals surface area contributed by atoms with Crippen LogP contribution < -0.4 is 0 Å². The number of carbonyl (C=O) groups is 2. The fourth-order valence-corrected chi connectivity index (χ4v) is 3.07. The molecule has 1 aliphatic rings. The van der Waals surface area contributed by atoms with Gasteiger partial charge in [0.25, 0.3) is 5.91 Å². The van der Waals surface area contributed by atoms with Crippen molar-refractivity contribution in [3.05, 3.63) is 47.8 Å². The highest BCUT2D eigenvalue weighted by Crippen LogP contribution is 2.25. The first-order valence-corrected chi connectivity index (χ1v) is 7.61. The molecule has 6 heteroatoms. The van der Waals surface area contributed by atoms with Gasteiger partial charge in [0.1, 0.15) is 0 Å². The molecule has 1 N–H and O–H groups in total. The van der Waals surface area contributed by atoms with Crippen molar-refractivity contribution in [2.45, 2.75) is 13.8 Å². The second-order valence-electron chi connectivity index (χ2n) is 6.02. The van der Waals surface area contributed by atoms with E-state index in [0.717, 1.165) is 11.4 Å². The normalized spacial score (nSPS) is 20.7. The summed E-state index contributed by atoms with van der Waals surface area (Å²) >= 11 is 0. The number of aliphatic carboxylic acids is 1. The number of amides is 1. The van der Waals surface area contributed by atoms with Crippen LogP contribution in [0, 0.1) is 18.8 Å². The van der Waals surface area contributed by atoms with Crippen LogP contribution in [-0.2, 0) is 4.79 Å². The van der Waals surface area contributed by atoms with Gasteiger partial charge in [0.05, 0.1) is 29.1 Å². The predicted octanol–water partition coefficient (Wildman–Crippen LogP) is 1.97. The highest BCUT2D eigenvalue weighted by atomic mass is 16.4. The third-order valence-electron chi connectivity index (χ3n) is 4.46. The van der Waals surface area contributed by atoms with Gasteiger partial charge in [-0.1, -0.05) is 25.1 Å². The molecule has 120 valence electrons. The van der Waals surface area contributed by atoms with Gasteiger partial charge in [-0.2, -0.15) is 5.10 Å². The van der Waals surface area contributed by atoms with Crippen LogP contribution in [0.15, 0.2) is 36.5 Å². The first-order chi connectivity index (χ1) is 11.0. The van der Waals surface area contributed by atoms with Crippen molar-refractivity contribution in [3.63, 3.8) is 0 Å². The number of carboxylic acids is 1. The molecular weight excluding hydrogens is 294 g/mol. The van der Waals surface area contributed by atoms with Gasteiger partial charge in [0, 0.05) is 13.1 Å². The van der Waals surface area contributed by atoms with E-state index < -0.39 is 11.9 Å². The summed E-state index contributed by atoms with van der Waals surface area (Å²) in [6.07, 6.45) is 1.56. The van der Waals surface area contributed by atoms with Crippen molar-refractivity contribution in [2.24, 2.45) is 11.8 Å². The van der Waals surface area contributed by atoms with E-state index in [9.17, 15) is 14.7 Å². The molecule has 0 radical (unpaired) electrons. The van der Waals surface area contributed by atoms with Crippen LogP contribution in [0.2, 0.25) is 0 Å². The lowest BCUT2D eigenvalue weighted by atomic mass is 9.99. The summed E-state index contributed by atoms with van der Waals surface area (Å²) in [4.78, 5) is 25.5. The Kier molecular flexibility index (Phi) is 3.90. The summed E-state index contributed by atoms with van der Waals surface area (Å²) in [5.74, 6) is -1.53. The Morgan fingerprint density at radius 3 is 2.52 bits per heavy atom. The molecule has 1 fully saturated rings. The fourth-order valence-electron chi connectivity index (χ4n) is 3.07. The molecule has 2 heterocycles. The number of para-hydroxylation sites is 1. The minimum absolute atomic E-state index is 0.0408. The van der Waals surface area contributed by atoms with E-state index in [1.807, 2.05) is 44.2 Å². The maximum absolute atomic E-state index is 12.7. The quantitative estimate of drug-likeness (QED) is 0.940. The van der Waals surface area contributed by atoms with Gasteiger partial charge in [-0.15, -0.1) is 0 Å². The summed E-state index contributed by atoms with van der Waals surface area (Å²) in [7, 11) is 0.